The predicted octanol–water partition coefficient (Wildman–Crippen LogP) is 3.53. The molecule has 0 aliphatic heterocycles. The lowest BCUT2D eigenvalue weighted by molar-refractivity contribution is -0.138. The van der Waals surface area contributed by atoms with Crippen molar-refractivity contribution in [1.82, 2.24) is 4.90 Å². The van der Waals surface area contributed by atoms with E-state index < -0.39 is 6.10 Å². The fourth-order valence-electron chi connectivity index (χ4n) is 2.72. The SMILES string of the molecule is CC[C@H](Oc1cccc(OC)c1)C(=O)N(C)Cc1ccc(OC)c(OC)c1. The van der Waals surface area contributed by atoms with E-state index in [1.165, 1.54) is 0 Å². The van der Waals surface area contributed by atoms with E-state index in [-0.39, 0.29) is 5.91 Å². The van der Waals surface area contributed by atoms with Gasteiger partial charge < -0.3 is 23.8 Å². The molecule has 6 heteroatoms. The molecule has 1 atom stereocenters. The average Bonchev–Trinajstić information content (AvgIpc) is 2.71. The summed E-state index contributed by atoms with van der Waals surface area (Å²) in [6.07, 6.45) is -0.00554. The number of carbonyl (C=O) groups is 1. The first-order valence-electron chi connectivity index (χ1n) is 8.79. The first kappa shape index (κ1) is 20.4. The summed E-state index contributed by atoms with van der Waals surface area (Å²) >= 11 is 0. The van der Waals surface area contributed by atoms with Crippen LogP contribution in [-0.2, 0) is 11.3 Å². The number of methoxy groups -OCH3 is 3. The fourth-order valence-corrected chi connectivity index (χ4v) is 2.72. The summed E-state index contributed by atoms with van der Waals surface area (Å²) in [5.41, 5.74) is 0.944. The third-order valence-electron chi connectivity index (χ3n) is 4.21. The maximum Gasteiger partial charge on any atom is 0.263 e. The van der Waals surface area contributed by atoms with Gasteiger partial charge in [0, 0.05) is 19.7 Å². The number of rotatable bonds is 9. The lowest BCUT2D eigenvalue weighted by Crippen LogP contribution is -2.39. The molecule has 0 heterocycles. The van der Waals surface area contributed by atoms with Crippen molar-refractivity contribution >= 4 is 5.91 Å². The maximum atomic E-state index is 12.8. The molecule has 0 saturated carbocycles. The lowest BCUT2D eigenvalue weighted by atomic mass is 10.1. The molecule has 0 aliphatic rings. The van der Waals surface area contributed by atoms with Crippen LogP contribution in [0.4, 0.5) is 0 Å². The number of likely N-dealkylation sites (N-methyl/N-ethyl adjacent to an activating group) is 1. The summed E-state index contributed by atoms with van der Waals surface area (Å²) in [5, 5.41) is 0. The number of hydrogen-bond acceptors (Lipinski definition) is 5. The summed E-state index contributed by atoms with van der Waals surface area (Å²) < 4.78 is 21.7. The molecule has 0 bridgehead atoms. The van der Waals surface area contributed by atoms with Crippen LogP contribution in [0.15, 0.2) is 42.5 Å². The molecule has 0 aliphatic carbocycles. The van der Waals surface area contributed by atoms with E-state index in [4.69, 9.17) is 18.9 Å². The molecule has 2 aromatic carbocycles. The van der Waals surface area contributed by atoms with E-state index in [2.05, 4.69) is 0 Å². The third kappa shape index (κ3) is 5.29. The number of benzene rings is 2. The van der Waals surface area contributed by atoms with Crippen LogP contribution in [0, 0.1) is 0 Å². The highest BCUT2D eigenvalue weighted by Gasteiger charge is 2.23. The van der Waals surface area contributed by atoms with E-state index in [0.717, 1.165) is 5.56 Å². The largest absolute Gasteiger partial charge is 0.497 e. The summed E-state index contributed by atoms with van der Waals surface area (Å²) in [6.45, 7) is 2.37. The van der Waals surface area contributed by atoms with Gasteiger partial charge in [0.2, 0.25) is 0 Å². The Kier molecular flexibility index (Phi) is 7.34. The van der Waals surface area contributed by atoms with Gasteiger partial charge >= 0.3 is 0 Å². The topological polar surface area (TPSA) is 57.2 Å². The highest BCUT2D eigenvalue weighted by molar-refractivity contribution is 5.81. The Morgan fingerprint density at radius 1 is 0.963 bits per heavy atom. The molecule has 2 rings (SSSR count). The van der Waals surface area contributed by atoms with Crippen molar-refractivity contribution in [2.45, 2.75) is 26.0 Å². The lowest BCUT2D eigenvalue weighted by Gasteiger charge is -2.24. The monoisotopic (exact) mass is 373 g/mol. The minimum atomic E-state index is -0.567. The van der Waals surface area contributed by atoms with Gasteiger partial charge in [-0.3, -0.25) is 4.79 Å². The average molecular weight is 373 g/mol. The molecule has 1 amide bonds. The molecule has 0 fully saturated rings. The molecule has 6 nitrogen and oxygen atoms in total. The van der Waals surface area contributed by atoms with Gasteiger partial charge in [-0.05, 0) is 36.2 Å². The van der Waals surface area contributed by atoms with Crippen LogP contribution in [0.5, 0.6) is 23.0 Å². The normalized spacial score (nSPS) is 11.4. The van der Waals surface area contributed by atoms with Gasteiger partial charge in [0.15, 0.2) is 17.6 Å². The molecule has 0 N–H and O–H groups in total. The summed E-state index contributed by atoms with van der Waals surface area (Å²) in [5.74, 6) is 2.50. The second-order valence-corrected chi connectivity index (χ2v) is 6.08. The van der Waals surface area contributed by atoms with Crippen molar-refractivity contribution < 1.29 is 23.7 Å². The molecule has 146 valence electrons. The van der Waals surface area contributed by atoms with Crippen molar-refractivity contribution in [3.63, 3.8) is 0 Å². The molecule has 0 radical (unpaired) electrons. The molecule has 0 unspecified atom stereocenters. The van der Waals surface area contributed by atoms with E-state index in [1.54, 1.807) is 39.3 Å². The summed E-state index contributed by atoms with van der Waals surface area (Å²) in [6, 6.07) is 12.9. The molecule has 2 aromatic rings. The van der Waals surface area contributed by atoms with Gasteiger partial charge in [-0.15, -0.1) is 0 Å². The fraction of sp³-hybridized carbons (Fsp3) is 0.381. The molecular formula is C21H27NO5. The Morgan fingerprint density at radius 3 is 2.30 bits per heavy atom. The van der Waals surface area contributed by atoms with E-state index >= 15 is 0 Å². The minimum absolute atomic E-state index is 0.0879. The Labute approximate surface area is 160 Å². The van der Waals surface area contributed by atoms with Crippen LogP contribution in [0.3, 0.4) is 0 Å². The zero-order chi connectivity index (χ0) is 19.8. The van der Waals surface area contributed by atoms with Gasteiger partial charge in [-0.1, -0.05) is 19.1 Å². The smallest absolute Gasteiger partial charge is 0.263 e. The number of nitrogens with zero attached hydrogens (tertiary/aromatic N) is 1. The quantitative estimate of drug-likeness (QED) is 0.673. The molecule has 0 spiro atoms. The van der Waals surface area contributed by atoms with Crippen LogP contribution < -0.4 is 18.9 Å². The van der Waals surface area contributed by atoms with Crippen molar-refractivity contribution in [3.05, 3.63) is 48.0 Å². The zero-order valence-corrected chi connectivity index (χ0v) is 16.5. The number of hydrogen-bond donors (Lipinski definition) is 0. The maximum absolute atomic E-state index is 12.8. The second kappa shape index (κ2) is 9.71. The van der Waals surface area contributed by atoms with Gasteiger partial charge in [-0.25, -0.2) is 0 Å². The minimum Gasteiger partial charge on any atom is -0.497 e. The second-order valence-electron chi connectivity index (χ2n) is 6.08. The van der Waals surface area contributed by atoms with Crippen LogP contribution in [0.1, 0.15) is 18.9 Å². The Balaban J connectivity index is 2.07. The summed E-state index contributed by atoms with van der Waals surface area (Å²) in [4.78, 5) is 14.5. The number of ether oxygens (including phenoxy) is 4. The van der Waals surface area contributed by atoms with Crippen molar-refractivity contribution in [3.8, 4) is 23.0 Å². The Hall–Kier alpha value is -2.89. The number of carbonyl (C=O) groups excluding carboxylic acids is 1. The van der Waals surface area contributed by atoms with Gasteiger partial charge in [0.25, 0.3) is 5.91 Å². The molecular weight excluding hydrogens is 346 g/mol. The highest BCUT2D eigenvalue weighted by atomic mass is 16.5. The van der Waals surface area contributed by atoms with E-state index in [1.807, 2.05) is 43.3 Å². The van der Waals surface area contributed by atoms with Gasteiger partial charge in [0.05, 0.1) is 21.3 Å². The van der Waals surface area contributed by atoms with Crippen molar-refractivity contribution in [2.24, 2.45) is 0 Å². The Bertz CT molecular complexity index is 762. The highest BCUT2D eigenvalue weighted by Crippen LogP contribution is 2.28. The third-order valence-corrected chi connectivity index (χ3v) is 4.21. The molecule has 27 heavy (non-hydrogen) atoms. The van der Waals surface area contributed by atoms with Crippen LogP contribution in [0.25, 0.3) is 0 Å². The zero-order valence-electron chi connectivity index (χ0n) is 16.5. The van der Waals surface area contributed by atoms with Crippen LogP contribution >= 0.6 is 0 Å². The Morgan fingerprint density at radius 2 is 1.67 bits per heavy atom. The van der Waals surface area contributed by atoms with E-state index in [9.17, 15) is 4.79 Å². The van der Waals surface area contributed by atoms with Gasteiger partial charge in [-0.2, -0.15) is 0 Å². The van der Waals surface area contributed by atoms with Crippen molar-refractivity contribution in [1.29, 1.82) is 0 Å². The predicted molar refractivity (Wildman–Crippen MR) is 104 cm³/mol. The van der Waals surface area contributed by atoms with Gasteiger partial charge in [0.1, 0.15) is 11.5 Å². The summed E-state index contributed by atoms with van der Waals surface area (Å²) in [7, 11) is 6.54. The van der Waals surface area contributed by atoms with Crippen LogP contribution in [0.2, 0.25) is 0 Å². The first-order valence-corrected chi connectivity index (χ1v) is 8.79. The molecule has 0 saturated heterocycles. The number of amides is 1. The molecule has 0 aromatic heterocycles. The standard InChI is InChI=1S/C21H27NO5/c1-6-18(27-17-9-7-8-16(13-17)24-3)21(23)22(2)14-15-10-11-19(25-4)20(12-15)26-5/h7-13,18H,6,14H2,1-5H3/t18-/m0/s1. The van der Waals surface area contributed by atoms with Crippen molar-refractivity contribution in [2.75, 3.05) is 28.4 Å². The van der Waals surface area contributed by atoms with Crippen LogP contribution in [-0.4, -0.2) is 45.3 Å². The first-order chi connectivity index (χ1) is 13.0. The van der Waals surface area contributed by atoms with E-state index in [0.29, 0.717) is 36.0 Å².